The van der Waals surface area contributed by atoms with Gasteiger partial charge >= 0.3 is 0 Å². The van der Waals surface area contributed by atoms with Gasteiger partial charge < -0.3 is 9.72 Å². The average Bonchev–Trinajstić information content (AvgIpc) is 2.99. The average molecular weight is 379 g/mol. The van der Waals surface area contributed by atoms with E-state index in [1.54, 1.807) is 18.3 Å². The largest absolute Gasteiger partial charge is 0.491 e. The number of H-pyrrole nitrogens is 1. The summed E-state index contributed by atoms with van der Waals surface area (Å²) in [6.07, 6.45) is 1.80. The van der Waals surface area contributed by atoms with Crippen LogP contribution in [-0.4, -0.2) is 23.1 Å². The van der Waals surface area contributed by atoms with E-state index in [1.165, 1.54) is 0 Å². The Morgan fingerprint density at radius 1 is 1.24 bits per heavy atom. The summed E-state index contributed by atoms with van der Waals surface area (Å²) in [6.45, 7) is 2.00. The fourth-order valence-electron chi connectivity index (χ4n) is 2.98. The van der Waals surface area contributed by atoms with E-state index in [2.05, 4.69) is 4.98 Å². The van der Waals surface area contributed by atoms with Crippen molar-refractivity contribution in [3.63, 3.8) is 0 Å². The second-order valence-corrected chi connectivity index (χ2v) is 6.42. The molecule has 0 aliphatic carbocycles. The lowest BCUT2D eigenvalue weighted by Crippen LogP contribution is -2.14. The van der Waals surface area contributed by atoms with E-state index < -0.39 is 5.92 Å². The zero-order valence-electron chi connectivity index (χ0n) is 13.5. The van der Waals surface area contributed by atoms with Gasteiger partial charge in [-0.05, 0) is 36.2 Å². The summed E-state index contributed by atoms with van der Waals surface area (Å²) in [6, 6.07) is 11.1. The molecule has 0 amide bonds. The van der Waals surface area contributed by atoms with Crippen LogP contribution < -0.4 is 4.74 Å². The summed E-state index contributed by atoms with van der Waals surface area (Å²) in [7, 11) is 0. The molecule has 25 heavy (non-hydrogen) atoms. The minimum absolute atomic E-state index is 0.261. The molecule has 1 N–H and O–H groups in total. The lowest BCUT2D eigenvalue weighted by molar-refractivity contribution is -0.481. The highest BCUT2D eigenvalue weighted by Crippen LogP contribution is 2.39. The number of benzene rings is 2. The third-order valence-electron chi connectivity index (χ3n) is 4.04. The summed E-state index contributed by atoms with van der Waals surface area (Å²) >= 11 is 12.6. The van der Waals surface area contributed by atoms with Crippen LogP contribution in [0.3, 0.4) is 0 Å². The molecule has 0 bridgehead atoms. The minimum atomic E-state index is -0.475. The highest BCUT2D eigenvalue weighted by atomic mass is 35.5. The molecule has 0 saturated heterocycles. The molecule has 0 saturated carbocycles. The zero-order valence-corrected chi connectivity index (χ0v) is 15.0. The minimum Gasteiger partial charge on any atom is -0.491 e. The lowest BCUT2D eigenvalue weighted by Gasteiger charge is -2.16. The lowest BCUT2D eigenvalue weighted by atomic mass is 9.91. The quantitative estimate of drug-likeness (QED) is 0.468. The van der Waals surface area contributed by atoms with Crippen molar-refractivity contribution >= 4 is 34.1 Å². The predicted octanol–water partition coefficient (Wildman–Crippen LogP) is 5.28. The van der Waals surface area contributed by atoms with Gasteiger partial charge in [0, 0.05) is 22.0 Å². The van der Waals surface area contributed by atoms with E-state index in [9.17, 15) is 10.1 Å². The third-order valence-corrected chi connectivity index (χ3v) is 4.60. The molecule has 1 aromatic heterocycles. The van der Waals surface area contributed by atoms with Crippen molar-refractivity contribution in [3.05, 3.63) is 73.9 Å². The maximum Gasteiger partial charge on any atom is 0.214 e. The molecule has 2 aromatic carbocycles. The van der Waals surface area contributed by atoms with Gasteiger partial charge in [0.1, 0.15) is 0 Å². The van der Waals surface area contributed by atoms with Crippen molar-refractivity contribution < 1.29 is 9.66 Å². The molecule has 0 spiro atoms. The van der Waals surface area contributed by atoms with E-state index in [4.69, 9.17) is 27.9 Å². The van der Waals surface area contributed by atoms with Crippen molar-refractivity contribution in [1.29, 1.82) is 0 Å². The molecule has 7 heteroatoms. The van der Waals surface area contributed by atoms with Crippen LogP contribution in [0.25, 0.3) is 10.9 Å². The van der Waals surface area contributed by atoms with Crippen LogP contribution in [0, 0.1) is 10.1 Å². The molecule has 3 aromatic rings. The molecule has 0 fully saturated rings. The Labute approximate surface area is 154 Å². The first-order chi connectivity index (χ1) is 12.0. The summed E-state index contributed by atoms with van der Waals surface area (Å²) < 4.78 is 5.44. The first-order valence-electron chi connectivity index (χ1n) is 7.80. The van der Waals surface area contributed by atoms with E-state index in [-0.39, 0.29) is 11.5 Å². The van der Waals surface area contributed by atoms with E-state index in [0.717, 1.165) is 16.5 Å². The fourth-order valence-corrected chi connectivity index (χ4v) is 3.59. The van der Waals surface area contributed by atoms with E-state index in [0.29, 0.717) is 28.0 Å². The Morgan fingerprint density at radius 2 is 1.92 bits per heavy atom. The van der Waals surface area contributed by atoms with Crippen LogP contribution >= 0.6 is 23.2 Å². The van der Waals surface area contributed by atoms with Crippen LogP contribution in [0.2, 0.25) is 10.0 Å². The van der Waals surface area contributed by atoms with Gasteiger partial charge in [-0.3, -0.25) is 10.1 Å². The number of hydrogen-bond acceptors (Lipinski definition) is 3. The summed E-state index contributed by atoms with van der Waals surface area (Å²) in [5.41, 5.74) is 2.44. The zero-order chi connectivity index (χ0) is 18.0. The van der Waals surface area contributed by atoms with E-state index >= 15 is 0 Å². The van der Waals surface area contributed by atoms with Gasteiger partial charge in [-0.15, -0.1) is 0 Å². The molecular weight excluding hydrogens is 363 g/mol. The van der Waals surface area contributed by atoms with Gasteiger partial charge in [-0.2, -0.15) is 0 Å². The van der Waals surface area contributed by atoms with Crippen LogP contribution in [0.4, 0.5) is 0 Å². The predicted molar refractivity (Wildman–Crippen MR) is 99.6 cm³/mol. The van der Waals surface area contributed by atoms with Crippen molar-refractivity contribution in [2.24, 2.45) is 0 Å². The van der Waals surface area contributed by atoms with Gasteiger partial charge in [-0.1, -0.05) is 41.4 Å². The Kier molecular flexibility index (Phi) is 5.16. The molecule has 0 aliphatic rings. The maximum absolute atomic E-state index is 11.3. The SMILES string of the molecule is CCOc1c(Cl)cc([C@H](C[N+](=O)[O-])c2c[nH]c3ccccc23)cc1Cl. The van der Waals surface area contributed by atoms with Gasteiger partial charge in [-0.25, -0.2) is 0 Å². The second kappa shape index (κ2) is 7.33. The Balaban J connectivity index is 2.12. The topological polar surface area (TPSA) is 68.2 Å². The summed E-state index contributed by atoms with van der Waals surface area (Å²) in [4.78, 5) is 14.1. The summed E-state index contributed by atoms with van der Waals surface area (Å²) in [5.74, 6) is -0.0785. The standard InChI is InChI=1S/C18H16Cl2N2O3/c1-2-25-18-15(19)7-11(8-16(18)20)14(10-22(23)24)13-9-21-17-6-4-3-5-12(13)17/h3-9,14,21H,2,10H2,1H3/t14-/m0/s1. The van der Waals surface area contributed by atoms with Crippen LogP contribution in [-0.2, 0) is 0 Å². The molecule has 0 radical (unpaired) electrons. The first-order valence-corrected chi connectivity index (χ1v) is 8.56. The summed E-state index contributed by atoms with van der Waals surface area (Å²) in [5, 5.41) is 12.9. The van der Waals surface area contributed by atoms with Crippen molar-refractivity contribution in [2.75, 3.05) is 13.2 Å². The van der Waals surface area contributed by atoms with Crippen molar-refractivity contribution in [3.8, 4) is 5.75 Å². The van der Waals surface area contributed by atoms with Gasteiger partial charge in [0.2, 0.25) is 6.54 Å². The molecule has 1 atom stereocenters. The maximum atomic E-state index is 11.3. The van der Waals surface area contributed by atoms with E-state index in [1.807, 2.05) is 31.2 Å². The number of halogens is 2. The second-order valence-electron chi connectivity index (χ2n) is 5.60. The van der Waals surface area contributed by atoms with Crippen molar-refractivity contribution in [2.45, 2.75) is 12.8 Å². The molecule has 1 heterocycles. The molecule has 130 valence electrons. The molecule has 0 aliphatic heterocycles. The monoisotopic (exact) mass is 378 g/mol. The molecule has 3 rings (SSSR count). The highest BCUT2D eigenvalue weighted by molar-refractivity contribution is 6.37. The van der Waals surface area contributed by atoms with Gasteiger partial charge in [0.15, 0.2) is 5.75 Å². The van der Waals surface area contributed by atoms with Crippen LogP contribution in [0.5, 0.6) is 5.75 Å². The molecule has 5 nitrogen and oxygen atoms in total. The first kappa shape index (κ1) is 17.6. The molecule has 0 unspecified atom stereocenters. The number of ether oxygens (including phenoxy) is 1. The number of nitrogens with zero attached hydrogens (tertiary/aromatic N) is 1. The molecular formula is C18H16Cl2N2O3. The smallest absolute Gasteiger partial charge is 0.214 e. The number of para-hydroxylation sites is 1. The third kappa shape index (κ3) is 3.57. The number of rotatable bonds is 6. The number of nitro groups is 1. The van der Waals surface area contributed by atoms with Crippen molar-refractivity contribution in [1.82, 2.24) is 4.98 Å². The van der Waals surface area contributed by atoms with Crippen LogP contribution in [0.15, 0.2) is 42.6 Å². The number of fused-ring (bicyclic) bond motifs is 1. The van der Waals surface area contributed by atoms with Gasteiger partial charge in [0.25, 0.3) is 0 Å². The normalized spacial score (nSPS) is 12.3. The number of aromatic amines is 1. The Bertz CT molecular complexity index is 901. The number of nitrogens with one attached hydrogen (secondary N) is 1. The van der Waals surface area contributed by atoms with Crippen LogP contribution in [0.1, 0.15) is 24.0 Å². The fraction of sp³-hybridized carbons (Fsp3) is 0.222. The van der Waals surface area contributed by atoms with Gasteiger partial charge in [0.05, 0.1) is 22.6 Å². The highest BCUT2D eigenvalue weighted by Gasteiger charge is 2.25. The Hall–Kier alpha value is -2.24. The number of hydrogen-bond donors (Lipinski definition) is 1. The Morgan fingerprint density at radius 3 is 2.56 bits per heavy atom. The number of aromatic nitrogens is 1.